The first-order valence-electron chi connectivity index (χ1n) is 10.2. The molecule has 3 rings (SSSR count). The highest BCUT2D eigenvalue weighted by molar-refractivity contribution is 7.42. The number of hydrogen-bond donors (Lipinski definition) is 2. The number of halogens is 1. The van der Waals surface area contributed by atoms with Crippen molar-refractivity contribution in [2.75, 3.05) is 0 Å². The van der Waals surface area contributed by atoms with E-state index in [0.717, 1.165) is 6.92 Å². The summed E-state index contributed by atoms with van der Waals surface area (Å²) in [6, 6.07) is 12.8. The highest BCUT2D eigenvalue weighted by Gasteiger charge is 2.49. The number of carbonyl (C=O) groups excluding carboxylic acids is 1. The fraction of sp³-hybridized carbons (Fsp3) is 0.280. The van der Waals surface area contributed by atoms with Crippen LogP contribution < -0.4 is 4.74 Å². The van der Waals surface area contributed by atoms with E-state index in [0.29, 0.717) is 22.0 Å². The third-order valence-electron chi connectivity index (χ3n) is 5.42. The Morgan fingerprint density at radius 3 is 2.30 bits per heavy atom. The van der Waals surface area contributed by atoms with Crippen LogP contribution in [0.1, 0.15) is 33.3 Å². The van der Waals surface area contributed by atoms with Crippen molar-refractivity contribution in [3.8, 4) is 29.4 Å². The van der Waals surface area contributed by atoms with Gasteiger partial charge in [-0.15, -0.1) is 6.42 Å². The summed E-state index contributed by atoms with van der Waals surface area (Å²) in [5.74, 6) is 0.325. The number of rotatable bonds is 5. The predicted molar refractivity (Wildman–Crippen MR) is 126 cm³/mol. The first-order valence-corrected chi connectivity index (χ1v) is 11.6. The van der Waals surface area contributed by atoms with Gasteiger partial charge in [0.25, 0.3) is 0 Å². The molecule has 0 radical (unpaired) electrons. The molecular formula is C25H25FNO5P. The number of ether oxygens (including phenoxy) is 1. The normalized spacial score (nSPS) is 15.3. The first kappa shape index (κ1) is 24.6. The van der Waals surface area contributed by atoms with E-state index in [2.05, 4.69) is 4.98 Å². The molecule has 0 spiro atoms. The molecule has 2 aromatic carbocycles. The van der Waals surface area contributed by atoms with Gasteiger partial charge in [-0.05, 0) is 42.7 Å². The highest BCUT2D eigenvalue weighted by atomic mass is 31.1. The van der Waals surface area contributed by atoms with Gasteiger partial charge < -0.3 is 14.7 Å². The lowest BCUT2D eigenvalue weighted by atomic mass is 9.83. The Kier molecular flexibility index (Phi) is 6.76. The maximum absolute atomic E-state index is 13.6. The van der Waals surface area contributed by atoms with Crippen LogP contribution >= 0.6 is 8.03 Å². The minimum absolute atomic E-state index is 0.0290. The molecule has 3 atom stereocenters. The molecule has 0 amide bonds. The van der Waals surface area contributed by atoms with E-state index in [9.17, 15) is 23.7 Å². The third kappa shape index (κ3) is 4.43. The zero-order valence-corrected chi connectivity index (χ0v) is 19.7. The molecule has 33 heavy (non-hydrogen) atoms. The lowest BCUT2D eigenvalue weighted by Gasteiger charge is -2.30. The molecule has 8 heteroatoms. The van der Waals surface area contributed by atoms with E-state index in [1.165, 1.54) is 24.3 Å². The van der Waals surface area contributed by atoms with Gasteiger partial charge in [0.15, 0.2) is 5.75 Å². The predicted octanol–water partition coefficient (Wildman–Crippen LogP) is 4.46. The largest absolute Gasteiger partial charge is 0.422 e. The van der Waals surface area contributed by atoms with Crippen molar-refractivity contribution in [1.82, 2.24) is 4.98 Å². The summed E-state index contributed by atoms with van der Waals surface area (Å²) >= 11 is 0. The zero-order valence-electron chi connectivity index (χ0n) is 18.7. The van der Waals surface area contributed by atoms with Gasteiger partial charge in [0.1, 0.15) is 11.5 Å². The summed E-state index contributed by atoms with van der Waals surface area (Å²) in [6.07, 6.45) is 3.80. The number of terminal acetylenes is 1. The fourth-order valence-electron chi connectivity index (χ4n) is 3.69. The summed E-state index contributed by atoms with van der Waals surface area (Å²) in [7, 11) is -3.75. The quantitative estimate of drug-likeness (QED) is 0.325. The van der Waals surface area contributed by atoms with E-state index in [4.69, 9.17) is 11.2 Å². The van der Waals surface area contributed by atoms with Crippen molar-refractivity contribution in [3.05, 3.63) is 59.9 Å². The summed E-state index contributed by atoms with van der Waals surface area (Å²) in [6.45, 7) is 6.90. The number of hydrogen-bond acceptors (Lipinski definition) is 5. The average molecular weight is 469 g/mol. The van der Waals surface area contributed by atoms with Crippen LogP contribution in [-0.2, 0) is 14.8 Å². The van der Waals surface area contributed by atoms with Crippen LogP contribution in [0.15, 0.2) is 48.5 Å². The number of aliphatic hydroxyl groups excluding tert-OH is 1. The molecule has 172 valence electrons. The zero-order chi connectivity index (χ0) is 24.6. The number of nitrogens with zero attached hydrogens (tertiary/aromatic N) is 1. The van der Waals surface area contributed by atoms with Crippen molar-refractivity contribution in [2.45, 2.75) is 44.4 Å². The Bertz CT molecular complexity index is 1270. The molecule has 6 nitrogen and oxygen atoms in total. The highest BCUT2D eigenvalue weighted by Crippen LogP contribution is 2.45. The standard InChI is InChI=1S/C25H25FNO5P/c1-6-25(15(2)28,33(30)31)23(29)32-22-20(24(3,4)5)18-9-7-8-10-19(18)27-21(22)16-11-13-17(26)14-12-16/h1,7-15,28,33H,2-5H3,(H,30,31). The number of aromatic nitrogens is 1. The molecule has 0 bridgehead atoms. The van der Waals surface area contributed by atoms with Gasteiger partial charge >= 0.3 is 5.97 Å². The second-order valence-corrected chi connectivity index (χ2v) is 10.2. The van der Waals surface area contributed by atoms with Crippen molar-refractivity contribution in [2.24, 2.45) is 0 Å². The molecule has 0 aliphatic carbocycles. The SMILES string of the molecule is C#CC(C(=O)Oc1c(-c2ccc(F)cc2)nc2ccccc2c1C(C)(C)C)(C(C)O)[PH](=O)O. The lowest BCUT2D eigenvalue weighted by molar-refractivity contribution is -0.138. The number of esters is 1. The molecule has 0 aliphatic rings. The van der Waals surface area contributed by atoms with Crippen LogP contribution in [0.25, 0.3) is 22.2 Å². The maximum atomic E-state index is 13.6. The van der Waals surface area contributed by atoms with E-state index in [1.807, 2.05) is 44.9 Å². The van der Waals surface area contributed by atoms with E-state index >= 15 is 0 Å². The number of benzene rings is 2. The van der Waals surface area contributed by atoms with Crippen molar-refractivity contribution in [1.29, 1.82) is 0 Å². The van der Waals surface area contributed by atoms with Crippen molar-refractivity contribution < 1.29 is 28.5 Å². The summed E-state index contributed by atoms with van der Waals surface area (Å²) in [4.78, 5) is 27.8. The van der Waals surface area contributed by atoms with Crippen LogP contribution in [0.5, 0.6) is 5.75 Å². The monoisotopic (exact) mass is 469 g/mol. The van der Waals surface area contributed by atoms with Gasteiger partial charge in [0, 0.05) is 16.5 Å². The van der Waals surface area contributed by atoms with E-state index in [1.54, 1.807) is 6.07 Å². The van der Waals surface area contributed by atoms with Gasteiger partial charge in [-0.25, -0.2) is 14.2 Å². The minimum Gasteiger partial charge on any atom is -0.422 e. The Morgan fingerprint density at radius 2 is 1.79 bits per heavy atom. The van der Waals surface area contributed by atoms with Crippen molar-refractivity contribution >= 4 is 24.9 Å². The van der Waals surface area contributed by atoms with Gasteiger partial charge in [-0.1, -0.05) is 44.9 Å². The number of para-hydroxylation sites is 1. The molecule has 0 saturated carbocycles. The Balaban J connectivity index is 2.38. The van der Waals surface area contributed by atoms with E-state index in [-0.39, 0.29) is 11.4 Å². The van der Waals surface area contributed by atoms with Gasteiger partial charge in [0.2, 0.25) is 13.2 Å². The van der Waals surface area contributed by atoms with Gasteiger partial charge in [0.05, 0.1) is 11.6 Å². The van der Waals surface area contributed by atoms with Crippen LogP contribution in [0, 0.1) is 18.2 Å². The van der Waals surface area contributed by atoms with Crippen LogP contribution in [-0.4, -0.2) is 32.2 Å². The van der Waals surface area contributed by atoms with E-state index < -0.39 is 36.5 Å². The summed E-state index contributed by atoms with van der Waals surface area (Å²) in [5.41, 5.74) is 1.36. The maximum Gasteiger partial charge on any atom is 0.342 e. The van der Waals surface area contributed by atoms with Crippen molar-refractivity contribution in [3.63, 3.8) is 0 Å². The number of carbonyl (C=O) groups is 1. The summed E-state index contributed by atoms with van der Waals surface area (Å²) in [5, 5.41) is 8.43. The molecule has 0 aliphatic heterocycles. The third-order valence-corrected chi connectivity index (χ3v) is 6.86. The second kappa shape index (κ2) is 9.07. The number of aliphatic hydroxyl groups is 1. The van der Waals surface area contributed by atoms with Crippen LogP contribution in [0.4, 0.5) is 4.39 Å². The molecule has 1 aromatic heterocycles. The molecule has 0 saturated heterocycles. The molecule has 0 fully saturated rings. The average Bonchev–Trinajstić information content (AvgIpc) is 2.73. The fourth-order valence-corrected chi connectivity index (χ4v) is 4.40. The Hall–Kier alpha value is -3.04. The summed E-state index contributed by atoms with van der Waals surface area (Å²) < 4.78 is 31.5. The Labute approximate surface area is 192 Å². The number of fused-ring (bicyclic) bond motifs is 1. The smallest absolute Gasteiger partial charge is 0.342 e. The minimum atomic E-state index is -3.75. The molecular weight excluding hydrogens is 444 g/mol. The first-order chi connectivity index (χ1) is 15.4. The lowest BCUT2D eigenvalue weighted by Crippen LogP contribution is -2.46. The Morgan fingerprint density at radius 1 is 1.18 bits per heavy atom. The molecule has 1 heterocycles. The number of pyridine rings is 1. The topological polar surface area (TPSA) is 96.7 Å². The van der Waals surface area contributed by atoms with Crippen LogP contribution in [0.3, 0.4) is 0 Å². The van der Waals surface area contributed by atoms with Gasteiger partial charge in [-0.3, -0.25) is 4.57 Å². The van der Waals surface area contributed by atoms with Gasteiger partial charge in [-0.2, -0.15) is 0 Å². The molecule has 3 unspecified atom stereocenters. The van der Waals surface area contributed by atoms with Crippen LogP contribution in [0.2, 0.25) is 0 Å². The second-order valence-electron chi connectivity index (χ2n) is 8.76. The molecule has 3 aromatic rings. The molecule has 2 N–H and O–H groups in total.